The summed E-state index contributed by atoms with van der Waals surface area (Å²) in [6, 6.07) is 8.72. The number of para-hydroxylation sites is 1. The van der Waals surface area contributed by atoms with Crippen molar-refractivity contribution >= 4 is 5.69 Å². The van der Waals surface area contributed by atoms with E-state index >= 15 is 0 Å². The largest absolute Gasteiger partial charge is 0.380 e. The van der Waals surface area contributed by atoms with Crippen LogP contribution in [0.4, 0.5) is 5.69 Å². The number of rotatable bonds is 8. The Kier molecular flexibility index (Phi) is 5.86. The Hall–Kier alpha value is -1.06. The Balaban J connectivity index is 1.84. The predicted octanol–water partition coefficient (Wildman–Crippen LogP) is 3.00. The maximum atomic E-state index is 5.75. The minimum atomic E-state index is 0.590. The molecule has 0 fully saturated rings. The highest BCUT2D eigenvalue weighted by Gasteiger charge is 2.27. The highest BCUT2D eigenvalue weighted by molar-refractivity contribution is 5.60. The molecular weight excluding hydrogens is 248 g/mol. The first-order valence-electron chi connectivity index (χ1n) is 7.84. The zero-order valence-corrected chi connectivity index (χ0v) is 12.8. The fraction of sp³-hybridized carbons (Fsp3) is 0.647. The summed E-state index contributed by atoms with van der Waals surface area (Å²) in [5.41, 5.74) is 8.57. The topological polar surface area (TPSA) is 38.5 Å². The SMILES string of the molecule is CC(C)CCOCCN1CC(CCN)c2ccccc21. The average molecular weight is 276 g/mol. The van der Waals surface area contributed by atoms with Gasteiger partial charge in [-0.05, 0) is 36.9 Å². The van der Waals surface area contributed by atoms with Crippen molar-refractivity contribution in [2.45, 2.75) is 32.6 Å². The van der Waals surface area contributed by atoms with Crippen molar-refractivity contribution < 1.29 is 4.74 Å². The molecule has 0 radical (unpaired) electrons. The number of nitrogens with zero attached hydrogens (tertiary/aromatic N) is 1. The quantitative estimate of drug-likeness (QED) is 0.742. The summed E-state index contributed by atoms with van der Waals surface area (Å²) in [5, 5.41) is 0. The van der Waals surface area contributed by atoms with Gasteiger partial charge >= 0.3 is 0 Å². The highest BCUT2D eigenvalue weighted by atomic mass is 16.5. The number of fused-ring (bicyclic) bond motifs is 1. The van der Waals surface area contributed by atoms with Crippen LogP contribution in [0.15, 0.2) is 24.3 Å². The third-order valence-corrected chi connectivity index (χ3v) is 4.02. The minimum Gasteiger partial charge on any atom is -0.380 e. The third-order valence-electron chi connectivity index (χ3n) is 4.02. The van der Waals surface area contributed by atoms with Crippen LogP contribution < -0.4 is 10.6 Å². The van der Waals surface area contributed by atoms with Crippen molar-refractivity contribution in [3.8, 4) is 0 Å². The lowest BCUT2D eigenvalue weighted by molar-refractivity contribution is 0.129. The van der Waals surface area contributed by atoms with E-state index in [0.717, 1.165) is 51.6 Å². The van der Waals surface area contributed by atoms with Crippen LogP contribution in [0.1, 0.15) is 38.2 Å². The van der Waals surface area contributed by atoms with E-state index in [1.54, 1.807) is 0 Å². The zero-order chi connectivity index (χ0) is 14.4. The first-order chi connectivity index (χ1) is 9.72. The molecule has 0 aliphatic carbocycles. The Morgan fingerprint density at radius 3 is 2.85 bits per heavy atom. The lowest BCUT2D eigenvalue weighted by atomic mass is 9.98. The van der Waals surface area contributed by atoms with E-state index in [1.807, 2.05) is 0 Å². The molecule has 1 unspecified atom stereocenters. The fourth-order valence-corrected chi connectivity index (χ4v) is 2.84. The van der Waals surface area contributed by atoms with Gasteiger partial charge in [-0.2, -0.15) is 0 Å². The van der Waals surface area contributed by atoms with E-state index in [-0.39, 0.29) is 0 Å². The maximum absolute atomic E-state index is 5.75. The van der Waals surface area contributed by atoms with E-state index in [9.17, 15) is 0 Å². The molecular formula is C17H28N2O. The zero-order valence-electron chi connectivity index (χ0n) is 12.8. The lowest BCUT2D eigenvalue weighted by Gasteiger charge is -2.20. The molecule has 2 N–H and O–H groups in total. The van der Waals surface area contributed by atoms with Gasteiger partial charge in [-0.25, -0.2) is 0 Å². The minimum absolute atomic E-state index is 0.590. The van der Waals surface area contributed by atoms with Crippen LogP contribution in [0.2, 0.25) is 0 Å². The predicted molar refractivity (Wildman–Crippen MR) is 85.3 cm³/mol. The van der Waals surface area contributed by atoms with Crippen molar-refractivity contribution in [3.05, 3.63) is 29.8 Å². The molecule has 3 nitrogen and oxygen atoms in total. The molecule has 0 bridgehead atoms. The van der Waals surface area contributed by atoms with Crippen LogP contribution in [0.3, 0.4) is 0 Å². The highest BCUT2D eigenvalue weighted by Crippen LogP contribution is 2.37. The van der Waals surface area contributed by atoms with Crippen molar-refractivity contribution in [2.75, 3.05) is 37.7 Å². The molecule has 1 atom stereocenters. The van der Waals surface area contributed by atoms with E-state index in [1.165, 1.54) is 11.3 Å². The number of hydrogen-bond acceptors (Lipinski definition) is 3. The number of hydrogen-bond donors (Lipinski definition) is 1. The number of benzene rings is 1. The van der Waals surface area contributed by atoms with Gasteiger partial charge in [-0.1, -0.05) is 32.0 Å². The maximum Gasteiger partial charge on any atom is 0.0641 e. The molecule has 2 rings (SSSR count). The van der Waals surface area contributed by atoms with Crippen molar-refractivity contribution in [3.63, 3.8) is 0 Å². The molecule has 112 valence electrons. The summed E-state index contributed by atoms with van der Waals surface area (Å²) in [6.45, 7) is 8.99. The first kappa shape index (κ1) is 15.3. The molecule has 1 heterocycles. The molecule has 20 heavy (non-hydrogen) atoms. The van der Waals surface area contributed by atoms with E-state index in [0.29, 0.717) is 5.92 Å². The van der Waals surface area contributed by atoms with E-state index in [2.05, 4.69) is 43.0 Å². The molecule has 0 saturated carbocycles. The van der Waals surface area contributed by atoms with Crippen molar-refractivity contribution in [1.29, 1.82) is 0 Å². The number of nitrogens with two attached hydrogens (primary N) is 1. The van der Waals surface area contributed by atoms with Gasteiger partial charge in [0.2, 0.25) is 0 Å². The van der Waals surface area contributed by atoms with Gasteiger partial charge in [0.15, 0.2) is 0 Å². The van der Waals surface area contributed by atoms with Gasteiger partial charge in [0, 0.05) is 31.3 Å². The lowest BCUT2D eigenvalue weighted by Crippen LogP contribution is -2.27. The second-order valence-electron chi connectivity index (χ2n) is 6.07. The Bertz CT molecular complexity index is 406. The Labute approximate surface area is 123 Å². The molecule has 0 saturated heterocycles. The molecule has 0 amide bonds. The van der Waals surface area contributed by atoms with Gasteiger partial charge in [0.25, 0.3) is 0 Å². The monoisotopic (exact) mass is 276 g/mol. The van der Waals surface area contributed by atoms with Crippen LogP contribution in [0.25, 0.3) is 0 Å². The van der Waals surface area contributed by atoms with Gasteiger partial charge in [0.1, 0.15) is 0 Å². The smallest absolute Gasteiger partial charge is 0.0641 e. The molecule has 3 heteroatoms. The van der Waals surface area contributed by atoms with E-state index < -0.39 is 0 Å². The van der Waals surface area contributed by atoms with Gasteiger partial charge < -0.3 is 15.4 Å². The summed E-state index contributed by atoms with van der Waals surface area (Å²) >= 11 is 0. The molecule has 1 aromatic carbocycles. The third kappa shape index (κ3) is 3.97. The molecule has 1 aliphatic heterocycles. The normalized spacial score (nSPS) is 17.8. The van der Waals surface area contributed by atoms with Crippen LogP contribution in [0.5, 0.6) is 0 Å². The van der Waals surface area contributed by atoms with Crippen molar-refractivity contribution in [2.24, 2.45) is 11.7 Å². The summed E-state index contributed by atoms with van der Waals surface area (Å²) in [5.74, 6) is 1.31. The standard InChI is InChI=1S/C17H28N2O/c1-14(2)8-11-20-12-10-19-13-15(7-9-18)16-5-3-4-6-17(16)19/h3-6,14-15H,7-13,18H2,1-2H3. The molecule has 0 spiro atoms. The second kappa shape index (κ2) is 7.65. The van der Waals surface area contributed by atoms with Crippen LogP contribution in [0, 0.1) is 5.92 Å². The number of ether oxygens (including phenoxy) is 1. The fourth-order valence-electron chi connectivity index (χ4n) is 2.84. The van der Waals surface area contributed by atoms with Crippen LogP contribution >= 0.6 is 0 Å². The van der Waals surface area contributed by atoms with Crippen LogP contribution in [-0.2, 0) is 4.74 Å². The molecule has 0 aromatic heterocycles. The molecule has 1 aliphatic rings. The Morgan fingerprint density at radius 2 is 2.10 bits per heavy atom. The summed E-state index contributed by atoms with van der Waals surface area (Å²) in [6.07, 6.45) is 2.22. The van der Waals surface area contributed by atoms with Gasteiger partial charge in [0.05, 0.1) is 6.61 Å². The van der Waals surface area contributed by atoms with Crippen molar-refractivity contribution in [1.82, 2.24) is 0 Å². The molecule has 1 aromatic rings. The van der Waals surface area contributed by atoms with Crippen LogP contribution in [-0.4, -0.2) is 32.8 Å². The summed E-state index contributed by atoms with van der Waals surface area (Å²) in [4.78, 5) is 2.45. The first-order valence-corrected chi connectivity index (χ1v) is 7.84. The van der Waals surface area contributed by atoms with Gasteiger partial charge in [-0.3, -0.25) is 0 Å². The van der Waals surface area contributed by atoms with E-state index in [4.69, 9.17) is 10.5 Å². The Morgan fingerprint density at radius 1 is 1.30 bits per heavy atom. The summed E-state index contributed by atoms with van der Waals surface area (Å²) < 4.78 is 5.75. The second-order valence-corrected chi connectivity index (χ2v) is 6.07. The average Bonchev–Trinajstić information content (AvgIpc) is 2.77. The summed E-state index contributed by atoms with van der Waals surface area (Å²) in [7, 11) is 0. The van der Waals surface area contributed by atoms with Gasteiger partial charge in [-0.15, -0.1) is 0 Å². The number of anilines is 1.